The van der Waals surface area contributed by atoms with Gasteiger partial charge in [-0.2, -0.15) is 5.26 Å². The molecule has 3 heterocycles. The summed E-state index contributed by atoms with van der Waals surface area (Å²) >= 11 is 0. The van der Waals surface area contributed by atoms with Crippen LogP contribution in [-0.2, 0) is 20.7 Å². The summed E-state index contributed by atoms with van der Waals surface area (Å²) in [5, 5.41) is 22.2. The Labute approximate surface area is 244 Å². The van der Waals surface area contributed by atoms with Gasteiger partial charge in [-0.1, -0.05) is 6.07 Å². The number of aromatic hydroxyl groups is 1. The number of hydrogen-bond donors (Lipinski definition) is 1. The maximum atomic E-state index is 12.3. The van der Waals surface area contributed by atoms with Gasteiger partial charge in [-0.3, -0.25) is 14.5 Å². The third-order valence-corrected chi connectivity index (χ3v) is 8.50. The fraction of sp³-hybridized carbons (Fsp3) is 0.452. The molecule has 222 valence electrons. The van der Waals surface area contributed by atoms with E-state index in [1.54, 1.807) is 6.92 Å². The van der Waals surface area contributed by atoms with E-state index in [9.17, 15) is 20.0 Å². The number of methoxy groups -OCH3 is 3. The molecule has 0 spiro atoms. The molecule has 0 radical (unpaired) electrons. The maximum absolute atomic E-state index is 12.3. The number of likely N-dealkylation sites (N-methyl/N-ethyl adjacent to an activating group) is 1. The topological polar surface area (TPSA) is 131 Å². The minimum Gasteiger partial charge on any atom is -0.504 e. The van der Waals surface area contributed by atoms with Crippen LogP contribution in [0.25, 0.3) is 6.08 Å². The molecule has 1 saturated heterocycles. The van der Waals surface area contributed by atoms with Gasteiger partial charge in [0.2, 0.25) is 0 Å². The number of benzene rings is 2. The average Bonchev–Trinajstić information content (AvgIpc) is 2.93. The van der Waals surface area contributed by atoms with Crippen molar-refractivity contribution in [1.29, 1.82) is 5.26 Å². The van der Waals surface area contributed by atoms with Gasteiger partial charge in [-0.25, -0.2) is 0 Å². The van der Waals surface area contributed by atoms with Crippen LogP contribution >= 0.6 is 0 Å². The Hall–Kier alpha value is -4.43. The minimum atomic E-state index is -0.706. The molecule has 0 aliphatic carbocycles. The Kier molecular flexibility index (Phi) is 7.45. The monoisotopic (exact) mass is 577 g/mol. The molecule has 0 saturated carbocycles. The van der Waals surface area contributed by atoms with Crippen LogP contribution in [0.2, 0.25) is 0 Å². The molecule has 0 unspecified atom stereocenters. The van der Waals surface area contributed by atoms with Crippen molar-refractivity contribution >= 4 is 18.0 Å². The number of piperazine rings is 1. The number of nitrogens with zero attached hydrogens (tertiary/aromatic N) is 3. The number of fused-ring (bicyclic) bond motifs is 7. The van der Waals surface area contributed by atoms with Gasteiger partial charge in [-0.15, -0.1) is 0 Å². The number of hydrogen-bond acceptors (Lipinski definition) is 11. The van der Waals surface area contributed by atoms with E-state index in [1.807, 2.05) is 31.0 Å². The predicted molar refractivity (Wildman–Crippen MR) is 152 cm³/mol. The summed E-state index contributed by atoms with van der Waals surface area (Å²) in [5.74, 6) is 0.419. The third-order valence-electron chi connectivity index (χ3n) is 8.50. The maximum Gasteiger partial charge on any atom is 0.308 e. The molecule has 0 amide bonds. The molecular weight excluding hydrogens is 542 g/mol. The molecule has 0 aromatic heterocycles. The van der Waals surface area contributed by atoms with E-state index in [0.717, 1.165) is 11.1 Å². The van der Waals surface area contributed by atoms with Gasteiger partial charge >= 0.3 is 11.9 Å². The zero-order valence-electron chi connectivity index (χ0n) is 25.0. The smallest absolute Gasteiger partial charge is 0.308 e. The Balaban J connectivity index is 1.90. The van der Waals surface area contributed by atoms with E-state index >= 15 is 0 Å². The number of aryl methyl sites for hydroxylation is 1. The van der Waals surface area contributed by atoms with Crippen molar-refractivity contribution in [3.05, 3.63) is 45.1 Å². The number of nitriles is 1. The van der Waals surface area contributed by atoms with E-state index in [0.29, 0.717) is 51.6 Å². The van der Waals surface area contributed by atoms with Crippen LogP contribution in [-0.4, -0.2) is 73.9 Å². The van der Waals surface area contributed by atoms with Crippen LogP contribution in [0.15, 0.2) is 11.8 Å². The van der Waals surface area contributed by atoms with Crippen molar-refractivity contribution in [2.24, 2.45) is 0 Å². The second-order valence-corrected chi connectivity index (χ2v) is 10.8. The molecular formula is C31H35N3O8. The van der Waals surface area contributed by atoms with Gasteiger partial charge in [-0.05, 0) is 44.5 Å². The van der Waals surface area contributed by atoms with Gasteiger partial charge < -0.3 is 33.7 Å². The first kappa shape index (κ1) is 29.1. The quantitative estimate of drug-likeness (QED) is 0.398. The lowest BCUT2D eigenvalue weighted by Crippen LogP contribution is -2.62. The minimum absolute atomic E-state index is 0.0325. The third kappa shape index (κ3) is 4.20. The molecule has 2 aromatic carbocycles. The Morgan fingerprint density at radius 3 is 2.26 bits per heavy atom. The molecule has 2 bridgehead atoms. The number of carbonyl (C=O) groups is 2. The molecule has 11 heteroatoms. The molecule has 3 aliphatic heterocycles. The summed E-state index contributed by atoms with van der Waals surface area (Å²) < 4.78 is 28.5. The summed E-state index contributed by atoms with van der Waals surface area (Å²) in [4.78, 5) is 28.5. The van der Waals surface area contributed by atoms with E-state index in [-0.39, 0.29) is 24.1 Å². The SMILES string of the molecule is COc1c(C)cc2c(c1O)[C@@H]1C3=Cc4c(OC(C)=O)c(C)c(OC)c(OC)c4[C@H](COC(C)=O)N3[C@@H](C#N)[C@H](C2)N1C. The van der Waals surface area contributed by atoms with E-state index < -0.39 is 30.1 Å². The Bertz CT molecular complexity index is 1560. The highest BCUT2D eigenvalue weighted by Gasteiger charge is 2.53. The first-order valence-electron chi connectivity index (χ1n) is 13.6. The number of phenols is 1. The first-order valence-corrected chi connectivity index (χ1v) is 13.6. The van der Waals surface area contributed by atoms with Crippen molar-refractivity contribution in [3.63, 3.8) is 0 Å². The van der Waals surface area contributed by atoms with Crippen molar-refractivity contribution in [2.75, 3.05) is 35.0 Å². The van der Waals surface area contributed by atoms with Crippen LogP contribution in [0, 0.1) is 25.2 Å². The number of ether oxygens (including phenoxy) is 5. The summed E-state index contributed by atoms with van der Waals surface area (Å²) in [6, 6.07) is 2.37. The number of rotatable bonds is 6. The Morgan fingerprint density at radius 2 is 1.69 bits per heavy atom. The molecule has 2 aromatic rings. The van der Waals surface area contributed by atoms with Crippen LogP contribution in [0.1, 0.15) is 59.3 Å². The molecule has 5 rings (SSSR count). The number of phenolic OH excluding ortho intramolecular Hbond substituents is 1. The second-order valence-electron chi connectivity index (χ2n) is 10.8. The van der Waals surface area contributed by atoms with Crippen molar-refractivity contribution < 1.29 is 38.4 Å². The highest BCUT2D eigenvalue weighted by molar-refractivity contribution is 5.81. The highest BCUT2D eigenvalue weighted by Crippen LogP contribution is 2.58. The fourth-order valence-electron chi connectivity index (χ4n) is 6.90. The lowest BCUT2D eigenvalue weighted by Gasteiger charge is -2.57. The summed E-state index contributed by atoms with van der Waals surface area (Å²) in [7, 11) is 6.44. The molecule has 1 N–H and O–H groups in total. The standard InChI is InChI=1S/C31H35N3O8/c1-14-9-18-10-20-22(12-32)34-21(26(33(20)5)24(18)27(37)28(14)38-6)11-19-25(23(34)13-41-16(3)35)31(40-8)30(39-7)15(2)29(19)42-17(4)36/h9,11,20,22-23,26,37H,10,13H2,1-8H3/t20-,22-,23-,26-/m0/s1. The molecule has 11 nitrogen and oxygen atoms in total. The zero-order chi connectivity index (χ0) is 30.6. The van der Waals surface area contributed by atoms with Crippen molar-refractivity contribution in [2.45, 2.75) is 58.3 Å². The lowest BCUT2D eigenvalue weighted by atomic mass is 9.75. The van der Waals surface area contributed by atoms with Crippen LogP contribution in [0.4, 0.5) is 0 Å². The first-order chi connectivity index (χ1) is 20.0. The largest absolute Gasteiger partial charge is 0.504 e. The fourth-order valence-corrected chi connectivity index (χ4v) is 6.90. The van der Waals surface area contributed by atoms with Gasteiger partial charge in [0.05, 0.1) is 39.5 Å². The van der Waals surface area contributed by atoms with Gasteiger partial charge in [0, 0.05) is 47.8 Å². The van der Waals surface area contributed by atoms with Crippen LogP contribution < -0.4 is 18.9 Å². The molecule has 4 atom stereocenters. The second kappa shape index (κ2) is 10.8. The predicted octanol–water partition coefficient (Wildman–Crippen LogP) is 3.72. The zero-order valence-corrected chi connectivity index (χ0v) is 25.0. The van der Waals surface area contributed by atoms with Gasteiger partial charge in [0.1, 0.15) is 18.4 Å². The van der Waals surface area contributed by atoms with E-state index in [1.165, 1.54) is 35.2 Å². The van der Waals surface area contributed by atoms with Gasteiger partial charge in [0.15, 0.2) is 23.0 Å². The highest BCUT2D eigenvalue weighted by atomic mass is 16.5. The van der Waals surface area contributed by atoms with E-state index in [2.05, 4.69) is 11.0 Å². The molecule has 42 heavy (non-hydrogen) atoms. The molecule has 1 fully saturated rings. The van der Waals surface area contributed by atoms with Crippen LogP contribution in [0.5, 0.6) is 28.7 Å². The lowest BCUT2D eigenvalue weighted by molar-refractivity contribution is -0.143. The summed E-state index contributed by atoms with van der Waals surface area (Å²) in [5.41, 5.74) is 4.71. The average molecular weight is 578 g/mol. The summed E-state index contributed by atoms with van der Waals surface area (Å²) in [6.07, 6.45) is 2.37. The normalized spacial score (nSPS) is 22.1. The molecule has 3 aliphatic rings. The summed E-state index contributed by atoms with van der Waals surface area (Å²) in [6.45, 7) is 6.17. The Morgan fingerprint density at radius 1 is 1.02 bits per heavy atom. The number of esters is 2. The van der Waals surface area contributed by atoms with E-state index in [4.69, 9.17) is 23.7 Å². The van der Waals surface area contributed by atoms with Gasteiger partial charge in [0.25, 0.3) is 0 Å². The van der Waals surface area contributed by atoms with Crippen LogP contribution in [0.3, 0.4) is 0 Å². The van der Waals surface area contributed by atoms with Crippen molar-refractivity contribution in [1.82, 2.24) is 9.80 Å². The van der Waals surface area contributed by atoms with Crippen molar-refractivity contribution in [3.8, 4) is 34.8 Å². The number of carbonyl (C=O) groups excluding carboxylic acids is 2.